The minimum Gasteiger partial charge on any atom is -0.0891 e. The van der Waals surface area contributed by atoms with Gasteiger partial charge in [0.15, 0.2) is 0 Å². The zero-order chi connectivity index (χ0) is 5.98. The Hall–Kier alpha value is 0.960. The van der Waals surface area contributed by atoms with E-state index in [4.69, 9.17) is 0 Å². The Kier molecular flexibility index (Phi) is 5.23. The Morgan fingerprint density at radius 1 is 0.778 bits per heavy atom. The lowest BCUT2D eigenvalue weighted by Crippen LogP contribution is -2.12. The van der Waals surface area contributed by atoms with E-state index in [0.717, 1.165) is 9.65 Å². The molecule has 1 fully saturated rings. The van der Waals surface area contributed by atoms with Crippen molar-refractivity contribution in [2.24, 2.45) is 0 Å². The van der Waals surface area contributed by atoms with Crippen molar-refractivity contribution in [1.82, 2.24) is 0 Å². The van der Waals surface area contributed by atoms with E-state index in [0.29, 0.717) is 0 Å². The maximum Gasteiger partial charge on any atom is 0.0146 e. The highest BCUT2D eigenvalue weighted by Gasteiger charge is 2.15. The Morgan fingerprint density at radius 2 is 1.00 bits per heavy atom. The minimum atomic E-state index is 0. The fourth-order valence-corrected chi connectivity index (χ4v) is 2.07. The van der Waals surface area contributed by atoms with Gasteiger partial charge >= 0.3 is 0 Å². The van der Waals surface area contributed by atoms with Crippen LogP contribution in [0.25, 0.3) is 0 Å². The predicted octanol–water partition coefficient (Wildman–Crippen LogP) is 3.72. The highest BCUT2D eigenvalue weighted by molar-refractivity contribution is 9.10. The second-order valence-electron chi connectivity index (χ2n) is 2.35. The largest absolute Gasteiger partial charge is 0.0891 e. The summed E-state index contributed by atoms with van der Waals surface area (Å²) >= 11 is 7.19. The van der Waals surface area contributed by atoms with E-state index in [1.165, 1.54) is 25.7 Å². The Balaban J connectivity index is 0.000000640. The normalized spacial score (nSPS) is 35.3. The van der Waals surface area contributed by atoms with Gasteiger partial charge < -0.3 is 0 Å². The van der Waals surface area contributed by atoms with Crippen molar-refractivity contribution in [1.29, 1.82) is 0 Å². The third-order valence-corrected chi connectivity index (χ3v) is 3.42. The average Bonchev–Trinajstić information content (AvgIpc) is 1.77. The van der Waals surface area contributed by atoms with Gasteiger partial charge in [-0.15, -0.1) is 0 Å². The second kappa shape index (κ2) is 4.73. The van der Waals surface area contributed by atoms with Crippen molar-refractivity contribution >= 4 is 31.9 Å². The van der Waals surface area contributed by atoms with Crippen molar-refractivity contribution in [3.05, 3.63) is 0 Å². The first-order valence-electron chi connectivity index (χ1n) is 3.07. The smallest absolute Gasteiger partial charge is 0.0146 e. The molecule has 0 aromatic heterocycles. The van der Waals surface area contributed by atoms with Crippen molar-refractivity contribution in [2.75, 3.05) is 0 Å². The Labute approximate surface area is 74.7 Å². The van der Waals surface area contributed by atoms with Gasteiger partial charge in [-0.05, 0) is 25.7 Å². The fourth-order valence-electron chi connectivity index (χ4n) is 1.01. The molecular weight excluding hydrogens is 244 g/mol. The van der Waals surface area contributed by atoms with E-state index in [1.807, 2.05) is 0 Å². The van der Waals surface area contributed by atoms with E-state index in [1.54, 1.807) is 0 Å². The topological polar surface area (TPSA) is 0 Å². The van der Waals surface area contributed by atoms with Gasteiger partial charge in [-0.25, -0.2) is 0 Å². The summed E-state index contributed by atoms with van der Waals surface area (Å²) in [5.41, 5.74) is 0. The van der Waals surface area contributed by atoms with Gasteiger partial charge in [0.25, 0.3) is 0 Å². The molecule has 0 atom stereocenters. The molecule has 1 aliphatic rings. The predicted molar refractivity (Wildman–Crippen MR) is 50.6 cm³/mol. The van der Waals surface area contributed by atoms with Crippen LogP contribution in [0, 0.1) is 0 Å². The first-order valence-corrected chi connectivity index (χ1v) is 4.90. The molecule has 0 bridgehead atoms. The summed E-state index contributed by atoms with van der Waals surface area (Å²) in [4.78, 5) is 1.60. The standard InChI is InChI=1S/C6H10Br2.CH4/c7-5-1-2-6(8)4-3-5;/h5-6H,1-4H2;1H4. The molecule has 0 aromatic rings. The summed E-state index contributed by atoms with van der Waals surface area (Å²) < 4.78 is 0. The molecule has 0 amide bonds. The SMILES string of the molecule is BrC1CCC(Br)CC1.C. The lowest BCUT2D eigenvalue weighted by Gasteiger charge is -2.19. The molecule has 0 unspecified atom stereocenters. The molecule has 56 valence electrons. The van der Waals surface area contributed by atoms with Crippen molar-refractivity contribution < 1.29 is 0 Å². The van der Waals surface area contributed by atoms with Crippen LogP contribution in [0.2, 0.25) is 0 Å². The lowest BCUT2D eigenvalue weighted by atomic mass is 10.0. The number of alkyl halides is 2. The van der Waals surface area contributed by atoms with Gasteiger partial charge in [0, 0.05) is 9.65 Å². The van der Waals surface area contributed by atoms with Crippen LogP contribution in [-0.4, -0.2) is 9.65 Å². The van der Waals surface area contributed by atoms with Gasteiger partial charge in [0.1, 0.15) is 0 Å². The zero-order valence-electron chi connectivity index (χ0n) is 4.74. The van der Waals surface area contributed by atoms with Gasteiger partial charge in [-0.2, -0.15) is 0 Å². The quantitative estimate of drug-likeness (QED) is 0.581. The van der Waals surface area contributed by atoms with Crippen molar-refractivity contribution in [2.45, 2.75) is 42.8 Å². The molecule has 1 aliphatic carbocycles. The average molecular weight is 258 g/mol. The summed E-state index contributed by atoms with van der Waals surface area (Å²) in [6.07, 6.45) is 5.37. The summed E-state index contributed by atoms with van der Waals surface area (Å²) in [7, 11) is 0. The molecule has 1 rings (SSSR count). The third-order valence-electron chi connectivity index (χ3n) is 1.59. The molecule has 9 heavy (non-hydrogen) atoms. The van der Waals surface area contributed by atoms with E-state index >= 15 is 0 Å². The van der Waals surface area contributed by atoms with Crippen LogP contribution in [0.4, 0.5) is 0 Å². The minimum absolute atomic E-state index is 0. The molecule has 2 heteroatoms. The molecule has 0 saturated heterocycles. The highest BCUT2D eigenvalue weighted by atomic mass is 79.9. The van der Waals surface area contributed by atoms with E-state index < -0.39 is 0 Å². The van der Waals surface area contributed by atoms with E-state index in [2.05, 4.69) is 31.9 Å². The Morgan fingerprint density at radius 3 is 1.22 bits per heavy atom. The van der Waals surface area contributed by atoms with E-state index in [9.17, 15) is 0 Å². The Bertz CT molecular complexity index is 55.3. The summed E-state index contributed by atoms with van der Waals surface area (Å²) in [6, 6.07) is 0. The number of rotatable bonds is 0. The number of halogens is 2. The van der Waals surface area contributed by atoms with Crippen LogP contribution in [0.15, 0.2) is 0 Å². The lowest BCUT2D eigenvalue weighted by molar-refractivity contribution is 0.539. The highest BCUT2D eigenvalue weighted by Crippen LogP contribution is 2.28. The maximum atomic E-state index is 3.59. The summed E-state index contributed by atoms with van der Waals surface area (Å²) in [6.45, 7) is 0. The van der Waals surface area contributed by atoms with Crippen LogP contribution in [-0.2, 0) is 0 Å². The number of hydrogen-bond donors (Lipinski definition) is 0. The molecule has 0 N–H and O–H groups in total. The molecule has 0 heterocycles. The van der Waals surface area contributed by atoms with Crippen molar-refractivity contribution in [3.63, 3.8) is 0 Å². The van der Waals surface area contributed by atoms with Crippen molar-refractivity contribution in [3.8, 4) is 0 Å². The fraction of sp³-hybridized carbons (Fsp3) is 1.00. The van der Waals surface area contributed by atoms with Crippen LogP contribution >= 0.6 is 31.9 Å². The molecule has 0 aromatic carbocycles. The second-order valence-corrected chi connectivity index (χ2v) is 4.94. The monoisotopic (exact) mass is 256 g/mol. The molecule has 0 radical (unpaired) electrons. The van der Waals surface area contributed by atoms with Crippen LogP contribution < -0.4 is 0 Å². The van der Waals surface area contributed by atoms with Crippen LogP contribution in [0.1, 0.15) is 33.1 Å². The summed E-state index contributed by atoms with van der Waals surface area (Å²) in [5.74, 6) is 0. The van der Waals surface area contributed by atoms with Crippen LogP contribution in [0.5, 0.6) is 0 Å². The van der Waals surface area contributed by atoms with Crippen LogP contribution in [0.3, 0.4) is 0 Å². The first-order chi connectivity index (χ1) is 3.79. The molecule has 0 aliphatic heterocycles. The zero-order valence-corrected chi connectivity index (χ0v) is 7.91. The van der Waals surface area contributed by atoms with Gasteiger partial charge in [-0.3, -0.25) is 0 Å². The molecule has 1 saturated carbocycles. The molecule has 0 spiro atoms. The molecular formula is C7H14Br2. The number of hydrogen-bond acceptors (Lipinski definition) is 0. The third kappa shape index (κ3) is 3.61. The van der Waals surface area contributed by atoms with Gasteiger partial charge in [0.05, 0.1) is 0 Å². The maximum absolute atomic E-state index is 3.59. The summed E-state index contributed by atoms with van der Waals surface area (Å²) in [5, 5.41) is 0. The first kappa shape index (κ1) is 9.96. The van der Waals surface area contributed by atoms with Gasteiger partial charge in [-0.1, -0.05) is 39.3 Å². The molecule has 0 nitrogen and oxygen atoms in total. The van der Waals surface area contributed by atoms with E-state index in [-0.39, 0.29) is 7.43 Å². The van der Waals surface area contributed by atoms with Gasteiger partial charge in [0.2, 0.25) is 0 Å².